The molecule has 2 aliphatic rings. The van der Waals surface area contributed by atoms with Crippen molar-refractivity contribution in [2.45, 2.75) is 96.3 Å². The highest BCUT2D eigenvalue weighted by Crippen LogP contribution is 2.31. The van der Waals surface area contributed by atoms with Crippen LogP contribution in [0.3, 0.4) is 0 Å². The van der Waals surface area contributed by atoms with Crippen LogP contribution in [-0.2, 0) is 20.7 Å². The van der Waals surface area contributed by atoms with Gasteiger partial charge in [-0.3, -0.25) is 9.69 Å². The zero-order chi connectivity index (χ0) is 26.8. The Morgan fingerprint density at radius 2 is 2.08 bits per heavy atom. The summed E-state index contributed by atoms with van der Waals surface area (Å²) < 4.78 is 11.4. The van der Waals surface area contributed by atoms with Gasteiger partial charge in [-0.25, -0.2) is 0 Å². The van der Waals surface area contributed by atoms with Gasteiger partial charge >= 0.3 is 5.97 Å². The smallest absolute Gasteiger partial charge is 0.306 e. The number of benzene rings is 1. The molecular formula is C31H46ClNO4. The van der Waals surface area contributed by atoms with E-state index in [0.29, 0.717) is 44.6 Å². The van der Waals surface area contributed by atoms with Crippen LogP contribution in [0.25, 0.3) is 0 Å². The molecule has 1 saturated heterocycles. The van der Waals surface area contributed by atoms with Gasteiger partial charge in [-0.2, -0.15) is 0 Å². The van der Waals surface area contributed by atoms with E-state index in [2.05, 4.69) is 62.1 Å². The lowest BCUT2D eigenvalue weighted by atomic mass is 9.90. The number of ether oxygens (including phenoxy) is 2. The van der Waals surface area contributed by atoms with Gasteiger partial charge in [0.25, 0.3) is 0 Å². The summed E-state index contributed by atoms with van der Waals surface area (Å²) in [5.41, 5.74) is 4.75. The van der Waals surface area contributed by atoms with Gasteiger partial charge < -0.3 is 14.6 Å². The van der Waals surface area contributed by atoms with Crippen LogP contribution in [0.2, 0.25) is 0 Å². The number of carbonyl (C=O) groups excluding carboxylic acids is 1. The topological polar surface area (TPSA) is 59.0 Å². The van der Waals surface area contributed by atoms with Gasteiger partial charge in [0, 0.05) is 19.0 Å². The van der Waals surface area contributed by atoms with Crippen LogP contribution in [0.15, 0.2) is 42.0 Å². The molecular weight excluding hydrogens is 486 g/mol. The standard InChI is InChI=1S/C31H46ClNO4/c1-5-24-18-23(11-14-29(24)32)19-26-9-8-16-33(26)20-27(34)21-37-30(6-2)28-13-10-22(4)17-25(28)12-15-31(35)36-7-3/h10-11,13-14,17-18,24,26-27,29-30,34H,5-9,12,15-16,19-21H2,1-4H3/t24?,26-,27+,29?,30+/m0/s1. The van der Waals surface area contributed by atoms with E-state index in [1.54, 1.807) is 0 Å². The summed E-state index contributed by atoms with van der Waals surface area (Å²) in [4.78, 5) is 14.4. The van der Waals surface area contributed by atoms with Crippen LogP contribution in [-0.4, -0.2) is 59.8 Å². The number of allylic oxidation sites excluding steroid dienone is 3. The van der Waals surface area contributed by atoms with Crippen molar-refractivity contribution in [1.82, 2.24) is 4.90 Å². The Kier molecular flexibility index (Phi) is 12.2. The van der Waals surface area contributed by atoms with Gasteiger partial charge in [0.2, 0.25) is 0 Å². The van der Waals surface area contributed by atoms with Crippen molar-refractivity contribution in [2.24, 2.45) is 5.92 Å². The molecule has 3 rings (SSSR count). The number of nitrogens with zero attached hydrogens (tertiary/aromatic N) is 1. The Balaban J connectivity index is 1.55. The number of carbonyl (C=O) groups is 1. The van der Waals surface area contributed by atoms with Crippen LogP contribution in [0.1, 0.15) is 82.1 Å². The predicted molar refractivity (Wildman–Crippen MR) is 151 cm³/mol. The summed E-state index contributed by atoms with van der Waals surface area (Å²) in [6, 6.07) is 6.77. The first-order chi connectivity index (χ1) is 17.8. The molecule has 5 atom stereocenters. The minimum absolute atomic E-state index is 0.0955. The first-order valence-electron chi connectivity index (χ1n) is 14.2. The van der Waals surface area contributed by atoms with Crippen LogP contribution in [0.5, 0.6) is 0 Å². The summed E-state index contributed by atoms with van der Waals surface area (Å²) in [7, 11) is 0. The van der Waals surface area contributed by atoms with Crippen LogP contribution in [0.4, 0.5) is 0 Å². The molecule has 0 radical (unpaired) electrons. The number of hydrogen-bond acceptors (Lipinski definition) is 5. The van der Waals surface area contributed by atoms with Crippen LogP contribution in [0, 0.1) is 12.8 Å². The first kappa shape index (κ1) is 29.9. The molecule has 0 amide bonds. The second-order valence-corrected chi connectivity index (χ2v) is 11.0. The molecule has 2 unspecified atom stereocenters. The Hall–Kier alpha value is -1.66. The number of esters is 1. The van der Waals surface area contributed by atoms with Crippen LogP contribution >= 0.6 is 11.6 Å². The zero-order valence-electron chi connectivity index (χ0n) is 23.1. The molecule has 0 bridgehead atoms. The van der Waals surface area contributed by atoms with Crippen molar-refractivity contribution in [3.05, 3.63) is 58.7 Å². The molecule has 6 heteroatoms. The Morgan fingerprint density at radius 3 is 2.81 bits per heavy atom. The lowest BCUT2D eigenvalue weighted by molar-refractivity contribution is -0.143. The van der Waals surface area contributed by atoms with E-state index in [1.165, 1.54) is 5.57 Å². The highest BCUT2D eigenvalue weighted by Gasteiger charge is 2.28. The van der Waals surface area contributed by atoms with Gasteiger partial charge in [-0.05, 0) is 76.0 Å². The summed E-state index contributed by atoms with van der Waals surface area (Å²) in [6.45, 7) is 10.5. The number of aryl methyl sites for hydroxylation is 2. The van der Waals surface area contributed by atoms with E-state index < -0.39 is 6.10 Å². The molecule has 37 heavy (non-hydrogen) atoms. The molecule has 206 valence electrons. The fourth-order valence-electron chi connectivity index (χ4n) is 5.61. The molecule has 5 nitrogen and oxygen atoms in total. The van der Waals surface area contributed by atoms with Crippen molar-refractivity contribution in [3.63, 3.8) is 0 Å². The number of likely N-dealkylation sites (tertiary alicyclic amines) is 1. The second-order valence-electron chi connectivity index (χ2n) is 10.5. The highest BCUT2D eigenvalue weighted by molar-refractivity contribution is 6.22. The lowest BCUT2D eigenvalue weighted by Gasteiger charge is -2.29. The van der Waals surface area contributed by atoms with Gasteiger partial charge in [0.1, 0.15) is 0 Å². The minimum Gasteiger partial charge on any atom is -0.466 e. The van der Waals surface area contributed by atoms with Gasteiger partial charge in [0.05, 0.1) is 30.8 Å². The highest BCUT2D eigenvalue weighted by atomic mass is 35.5. The summed E-state index contributed by atoms with van der Waals surface area (Å²) in [5, 5.41) is 11.0. The predicted octanol–water partition coefficient (Wildman–Crippen LogP) is 6.30. The Labute approximate surface area is 228 Å². The SMILES string of the molecule is CCOC(=O)CCc1cc(C)ccc1[C@@H](CC)OC[C@H](O)CN1CCC[C@H]1CC1=CC(CC)C(Cl)C=C1. The maximum atomic E-state index is 11.9. The van der Waals surface area contributed by atoms with E-state index >= 15 is 0 Å². The van der Waals surface area contributed by atoms with Crippen molar-refractivity contribution in [3.8, 4) is 0 Å². The summed E-state index contributed by atoms with van der Waals surface area (Å²) in [6.07, 6.45) is 12.2. The van der Waals surface area contributed by atoms with E-state index in [9.17, 15) is 9.90 Å². The maximum Gasteiger partial charge on any atom is 0.306 e. The average molecular weight is 532 g/mol. The monoisotopic (exact) mass is 531 g/mol. The van der Waals surface area contributed by atoms with Crippen LogP contribution < -0.4 is 0 Å². The minimum atomic E-state index is -0.547. The largest absolute Gasteiger partial charge is 0.466 e. The maximum absolute atomic E-state index is 11.9. The molecule has 1 aromatic carbocycles. The fourth-order valence-corrected chi connectivity index (χ4v) is 5.94. The van der Waals surface area contributed by atoms with Crippen molar-refractivity contribution < 1.29 is 19.4 Å². The normalized spacial score (nSPS) is 23.6. The molecule has 1 fully saturated rings. The molecule has 0 spiro atoms. The molecule has 1 aliphatic heterocycles. The van der Waals surface area contributed by atoms with Gasteiger partial charge in [0.15, 0.2) is 0 Å². The van der Waals surface area contributed by atoms with E-state index in [4.69, 9.17) is 21.1 Å². The quantitative estimate of drug-likeness (QED) is 0.225. The molecule has 1 heterocycles. The third-order valence-electron chi connectivity index (χ3n) is 7.63. The summed E-state index contributed by atoms with van der Waals surface area (Å²) >= 11 is 6.43. The number of rotatable bonds is 14. The van der Waals surface area contributed by atoms with Crippen molar-refractivity contribution in [1.29, 1.82) is 0 Å². The third kappa shape index (κ3) is 8.95. The van der Waals surface area contributed by atoms with E-state index in [0.717, 1.165) is 55.3 Å². The third-order valence-corrected chi connectivity index (χ3v) is 8.10. The van der Waals surface area contributed by atoms with E-state index in [1.807, 2.05) is 6.92 Å². The average Bonchev–Trinajstić information content (AvgIpc) is 3.31. The number of aliphatic hydroxyl groups excluding tert-OH is 1. The van der Waals surface area contributed by atoms with Crippen molar-refractivity contribution in [2.75, 3.05) is 26.3 Å². The lowest BCUT2D eigenvalue weighted by Crippen LogP contribution is -2.38. The van der Waals surface area contributed by atoms with Gasteiger partial charge in [-0.1, -0.05) is 61.4 Å². The Bertz CT molecular complexity index is 930. The number of hydrogen-bond donors (Lipinski definition) is 1. The van der Waals surface area contributed by atoms with Gasteiger partial charge in [-0.15, -0.1) is 11.6 Å². The summed E-state index contributed by atoms with van der Waals surface area (Å²) in [5.74, 6) is 0.233. The number of alkyl halides is 1. The van der Waals surface area contributed by atoms with Crippen molar-refractivity contribution >= 4 is 17.6 Å². The zero-order valence-corrected chi connectivity index (χ0v) is 23.9. The number of halogens is 1. The molecule has 1 aromatic rings. The molecule has 0 aromatic heterocycles. The fraction of sp³-hybridized carbons (Fsp3) is 0.645. The molecule has 0 saturated carbocycles. The second kappa shape index (κ2) is 15.1. The molecule has 1 aliphatic carbocycles. The Morgan fingerprint density at radius 1 is 1.27 bits per heavy atom. The molecule has 1 N–H and O–H groups in total. The number of β-amino-alcohol motifs (C(OH)–C–C–N with tert-alkyl or cyclic N) is 1. The van der Waals surface area contributed by atoms with E-state index in [-0.39, 0.29) is 17.5 Å². The number of aliphatic hydroxyl groups is 1. The first-order valence-corrected chi connectivity index (χ1v) is 14.6.